The van der Waals surface area contributed by atoms with Gasteiger partial charge in [-0.25, -0.2) is 9.18 Å². The number of aromatic hydroxyl groups is 1. The van der Waals surface area contributed by atoms with Crippen molar-refractivity contribution in [2.75, 3.05) is 5.32 Å². The lowest BCUT2D eigenvalue weighted by molar-refractivity contribution is -0.147. The van der Waals surface area contributed by atoms with Crippen molar-refractivity contribution in [2.45, 2.75) is 25.4 Å². The van der Waals surface area contributed by atoms with Gasteiger partial charge in [0.15, 0.2) is 0 Å². The Morgan fingerprint density at radius 3 is 2.45 bits per heavy atom. The maximum absolute atomic E-state index is 13.2. The van der Waals surface area contributed by atoms with Crippen LogP contribution in [-0.4, -0.2) is 27.2 Å². The minimum atomic E-state index is -1.60. The van der Waals surface area contributed by atoms with Gasteiger partial charge in [0.1, 0.15) is 29.2 Å². The number of aliphatic hydroxyl groups is 1. The Hall–Kier alpha value is -3.62. The Morgan fingerprint density at radius 1 is 1.06 bits per heavy atom. The number of phenolic OH excluding ortho intramolecular Hbond substituents is 1. The first kappa shape index (κ1) is 22.6. The predicted octanol–water partition coefficient (Wildman–Crippen LogP) is 4.57. The molecule has 9 heteroatoms. The van der Waals surface area contributed by atoms with Crippen molar-refractivity contribution in [3.05, 3.63) is 81.6 Å². The average molecular weight is 472 g/mol. The highest BCUT2D eigenvalue weighted by atomic mass is 35.5. The summed E-state index contributed by atoms with van der Waals surface area (Å²) in [5.41, 5.74) is 2.37. The van der Waals surface area contributed by atoms with Gasteiger partial charge >= 0.3 is 11.9 Å². The normalized spacial score (nSPS) is 13.3. The fourth-order valence-electron chi connectivity index (χ4n) is 3.87. The number of phenols is 1. The number of nitrogens with one attached hydrogen (secondary N) is 1. The molecule has 1 unspecified atom stereocenters. The SMILES string of the molecule is O=C(O)C(=O)Nc1cc(Cl)c(Oc2ccc(O)c(C(O)c3ccc(F)cc3)c2)c2c1CCC2. The van der Waals surface area contributed by atoms with Crippen LogP contribution >= 0.6 is 11.6 Å². The summed E-state index contributed by atoms with van der Waals surface area (Å²) in [6.07, 6.45) is 0.780. The van der Waals surface area contributed by atoms with Crippen LogP contribution in [0.5, 0.6) is 17.2 Å². The molecule has 3 aromatic rings. The molecular formula is C24H19ClFNO6. The molecule has 0 heterocycles. The molecule has 0 aliphatic heterocycles. The topological polar surface area (TPSA) is 116 Å². The molecule has 3 aromatic carbocycles. The summed E-state index contributed by atoms with van der Waals surface area (Å²) in [5, 5.41) is 32.3. The third kappa shape index (κ3) is 4.62. The van der Waals surface area contributed by atoms with E-state index in [9.17, 15) is 24.2 Å². The zero-order valence-electron chi connectivity index (χ0n) is 17.1. The van der Waals surface area contributed by atoms with E-state index in [1.165, 1.54) is 48.5 Å². The van der Waals surface area contributed by atoms with Gasteiger partial charge in [0, 0.05) is 16.8 Å². The van der Waals surface area contributed by atoms with Gasteiger partial charge in [0.2, 0.25) is 0 Å². The summed E-state index contributed by atoms with van der Waals surface area (Å²) >= 11 is 6.41. The van der Waals surface area contributed by atoms with E-state index < -0.39 is 23.8 Å². The van der Waals surface area contributed by atoms with Crippen molar-refractivity contribution in [3.63, 3.8) is 0 Å². The van der Waals surface area contributed by atoms with E-state index in [4.69, 9.17) is 21.4 Å². The largest absolute Gasteiger partial charge is 0.508 e. The molecule has 1 aliphatic rings. The first-order valence-electron chi connectivity index (χ1n) is 10.1. The van der Waals surface area contributed by atoms with Gasteiger partial charge < -0.3 is 25.4 Å². The molecule has 1 atom stereocenters. The van der Waals surface area contributed by atoms with E-state index in [1.807, 2.05) is 0 Å². The average Bonchev–Trinajstić information content (AvgIpc) is 3.27. The van der Waals surface area contributed by atoms with Gasteiger partial charge in [-0.05, 0) is 66.8 Å². The molecule has 1 amide bonds. The molecule has 0 fully saturated rings. The monoisotopic (exact) mass is 471 g/mol. The number of aliphatic hydroxyl groups excluding tert-OH is 1. The Labute approximate surface area is 193 Å². The van der Waals surface area contributed by atoms with Crippen LogP contribution in [0.25, 0.3) is 0 Å². The molecule has 0 aromatic heterocycles. The van der Waals surface area contributed by atoms with Crippen molar-refractivity contribution in [1.82, 2.24) is 0 Å². The summed E-state index contributed by atoms with van der Waals surface area (Å²) in [6, 6.07) is 11.0. The van der Waals surface area contributed by atoms with Gasteiger partial charge in [0.25, 0.3) is 0 Å². The molecule has 4 N–H and O–H groups in total. The number of fused-ring (bicyclic) bond motifs is 1. The Balaban J connectivity index is 1.66. The number of hydrogen-bond donors (Lipinski definition) is 4. The molecule has 33 heavy (non-hydrogen) atoms. The van der Waals surface area contributed by atoms with Crippen molar-refractivity contribution in [2.24, 2.45) is 0 Å². The van der Waals surface area contributed by atoms with E-state index in [0.29, 0.717) is 35.6 Å². The number of carboxylic acids is 1. The molecule has 0 spiro atoms. The fraction of sp³-hybridized carbons (Fsp3) is 0.167. The first-order chi connectivity index (χ1) is 15.7. The predicted molar refractivity (Wildman–Crippen MR) is 118 cm³/mol. The van der Waals surface area contributed by atoms with Crippen LogP contribution in [0.2, 0.25) is 5.02 Å². The molecule has 7 nitrogen and oxygen atoms in total. The van der Waals surface area contributed by atoms with Crippen molar-refractivity contribution >= 4 is 29.2 Å². The number of carboxylic acid groups (broad SMARTS) is 1. The van der Waals surface area contributed by atoms with Gasteiger partial charge in [-0.3, -0.25) is 4.79 Å². The standard InChI is InChI=1S/C24H19ClFNO6/c25-18-11-19(27-23(30)24(31)32)15-2-1-3-16(15)22(18)33-14-8-9-20(28)17(10-14)21(29)12-4-6-13(26)7-5-12/h4-11,21,28-29H,1-3H2,(H,27,30)(H,31,32). The maximum atomic E-state index is 13.2. The highest BCUT2D eigenvalue weighted by Crippen LogP contribution is 2.44. The summed E-state index contributed by atoms with van der Waals surface area (Å²) < 4.78 is 19.2. The number of carbonyl (C=O) groups excluding carboxylic acids is 1. The molecule has 0 radical (unpaired) electrons. The second kappa shape index (κ2) is 9.09. The van der Waals surface area contributed by atoms with Gasteiger partial charge in [-0.15, -0.1) is 0 Å². The van der Waals surface area contributed by atoms with E-state index in [1.54, 1.807) is 0 Å². The summed E-state index contributed by atoms with van der Waals surface area (Å²) in [6.45, 7) is 0. The van der Waals surface area contributed by atoms with Gasteiger partial charge in [-0.2, -0.15) is 0 Å². The number of aliphatic carboxylic acids is 1. The minimum Gasteiger partial charge on any atom is -0.508 e. The van der Waals surface area contributed by atoms with Crippen LogP contribution in [0.4, 0.5) is 10.1 Å². The van der Waals surface area contributed by atoms with Crippen LogP contribution in [0.3, 0.4) is 0 Å². The van der Waals surface area contributed by atoms with Crippen molar-refractivity contribution in [3.8, 4) is 17.2 Å². The molecule has 0 saturated heterocycles. The quantitative estimate of drug-likeness (QED) is 0.405. The van der Waals surface area contributed by atoms with Crippen LogP contribution in [-0.2, 0) is 22.4 Å². The highest BCUT2D eigenvalue weighted by Gasteiger charge is 2.25. The van der Waals surface area contributed by atoms with Crippen LogP contribution in [0, 0.1) is 5.82 Å². The van der Waals surface area contributed by atoms with E-state index >= 15 is 0 Å². The van der Waals surface area contributed by atoms with Gasteiger partial charge in [0.05, 0.1) is 5.02 Å². The molecule has 0 bridgehead atoms. The second-order valence-corrected chi connectivity index (χ2v) is 7.99. The smallest absolute Gasteiger partial charge is 0.394 e. The Morgan fingerprint density at radius 2 is 1.76 bits per heavy atom. The maximum Gasteiger partial charge on any atom is 0.394 e. The van der Waals surface area contributed by atoms with E-state index in [2.05, 4.69) is 5.32 Å². The number of rotatable bonds is 5. The zero-order chi connectivity index (χ0) is 23.7. The van der Waals surface area contributed by atoms with E-state index in [-0.39, 0.29) is 16.3 Å². The Kier molecular flexibility index (Phi) is 6.22. The second-order valence-electron chi connectivity index (χ2n) is 7.58. The number of halogens is 2. The number of carbonyl (C=O) groups is 2. The third-order valence-electron chi connectivity index (χ3n) is 5.45. The number of hydrogen-bond acceptors (Lipinski definition) is 5. The number of amides is 1. The third-order valence-corrected chi connectivity index (χ3v) is 5.73. The van der Waals surface area contributed by atoms with E-state index in [0.717, 1.165) is 17.5 Å². The molecular weight excluding hydrogens is 453 g/mol. The first-order valence-corrected chi connectivity index (χ1v) is 10.4. The minimum absolute atomic E-state index is 0.164. The lowest BCUT2D eigenvalue weighted by Crippen LogP contribution is -2.22. The lowest BCUT2D eigenvalue weighted by Gasteiger charge is -2.18. The zero-order valence-corrected chi connectivity index (χ0v) is 17.9. The van der Waals surface area contributed by atoms with Crippen LogP contribution < -0.4 is 10.1 Å². The molecule has 170 valence electrons. The number of benzene rings is 3. The Bertz CT molecular complexity index is 1240. The summed E-state index contributed by atoms with van der Waals surface area (Å²) in [4.78, 5) is 22.5. The highest BCUT2D eigenvalue weighted by molar-refractivity contribution is 6.37. The van der Waals surface area contributed by atoms with Crippen LogP contribution in [0.15, 0.2) is 48.5 Å². The number of anilines is 1. The summed E-state index contributed by atoms with van der Waals surface area (Å²) in [7, 11) is 0. The van der Waals surface area contributed by atoms with Gasteiger partial charge in [-0.1, -0.05) is 23.7 Å². The van der Waals surface area contributed by atoms with Crippen molar-refractivity contribution < 1.29 is 34.0 Å². The van der Waals surface area contributed by atoms with Crippen molar-refractivity contribution in [1.29, 1.82) is 0 Å². The molecule has 0 saturated carbocycles. The molecule has 1 aliphatic carbocycles. The number of ether oxygens (including phenoxy) is 1. The lowest BCUT2D eigenvalue weighted by atomic mass is 10.0. The summed E-state index contributed by atoms with van der Waals surface area (Å²) in [5.74, 6) is -2.73. The fourth-order valence-corrected chi connectivity index (χ4v) is 4.13. The van der Waals surface area contributed by atoms with Crippen LogP contribution in [0.1, 0.15) is 34.8 Å². The molecule has 4 rings (SSSR count).